The molecule has 6 nitrogen and oxygen atoms in total. The van der Waals surface area contributed by atoms with Gasteiger partial charge in [0.15, 0.2) is 0 Å². The number of rotatable bonds is 0. The number of phenols is 6. The third-order valence-corrected chi connectivity index (χ3v) is 12.4. The highest BCUT2D eigenvalue weighted by Gasteiger charge is 2.21. The van der Waals surface area contributed by atoms with Gasteiger partial charge in [0.1, 0.15) is 34.5 Å². The Bertz CT molecular complexity index is 3050. The number of hydrogen-bond donors (Lipinski definition) is 6. The van der Waals surface area contributed by atoms with Gasteiger partial charge in [0, 0.05) is 33.4 Å². The van der Waals surface area contributed by atoms with Crippen molar-refractivity contribution in [2.24, 2.45) is 0 Å². The second kappa shape index (κ2) is 20.7. The van der Waals surface area contributed by atoms with Gasteiger partial charge in [-0.1, -0.05) is 71.0 Å². The summed E-state index contributed by atoms with van der Waals surface area (Å²) in [4.78, 5) is 0. The molecule has 0 atom stereocenters. The molecule has 0 radical (unpaired) electrons. The Kier molecular flexibility index (Phi) is 14.6. The lowest BCUT2D eigenvalue weighted by Crippen LogP contribution is -2.05. The molecule has 72 heavy (non-hydrogen) atoms. The standard InChI is InChI=1S/C66H54O6/c1-37-25-49(26-38(2)61(37)67)13-19-55-56(20-14-50-27-39(3)62(68)40(4)28-50)58(22-16-52-31-43(7)64(70)44(8)32-52)60(24-18-54-35-47(11)66(72)48(12)36-54)59(23-17-53-33-45(9)65(71)46(10)34-53)57(55)21-15-51-29-41(5)63(69)42(6)30-51/h25-36,67-72H,1-12H3. The second-order valence-electron chi connectivity index (χ2n) is 18.5. The maximum Gasteiger partial charge on any atom is 0.121 e. The van der Waals surface area contributed by atoms with Crippen molar-refractivity contribution in [1.29, 1.82) is 0 Å². The Labute approximate surface area is 423 Å². The summed E-state index contributed by atoms with van der Waals surface area (Å²) in [6, 6.07) is 21.7. The first-order valence-corrected chi connectivity index (χ1v) is 23.3. The zero-order valence-electron chi connectivity index (χ0n) is 42.6. The van der Waals surface area contributed by atoms with E-state index in [-0.39, 0.29) is 34.5 Å². The van der Waals surface area contributed by atoms with Crippen molar-refractivity contribution in [3.8, 4) is 106 Å². The molecule has 0 spiro atoms. The van der Waals surface area contributed by atoms with E-state index in [0.717, 1.165) is 0 Å². The number of aromatic hydroxyl groups is 6. The molecule has 0 aliphatic heterocycles. The Balaban J connectivity index is 1.76. The topological polar surface area (TPSA) is 121 Å². The van der Waals surface area contributed by atoms with Crippen LogP contribution in [-0.2, 0) is 0 Å². The lowest BCUT2D eigenvalue weighted by molar-refractivity contribution is 0.466. The zero-order valence-corrected chi connectivity index (χ0v) is 42.6. The Morgan fingerprint density at radius 3 is 0.375 bits per heavy atom. The first-order chi connectivity index (χ1) is 34.1. The second-order valence-corrected chi connectivity index (χ2v) is 18.5. The maximum absolute atomic E-state index is 10.8. The van der Waals surface area contributed by atoms with Crippen LogP contribution < -0.4 is 0 Å². The molecule has 7 rings (SSSR count). The summed E-state index contributed by atoms with van der Waals surface area (Å²) in [5.74, 6) is 42.0. The van der Waals surface area contributed by atoms with Crippen molar-refractivity contribution < 1.29 is 30.6 Å². The van der Waals surface area contributed by atoms with Crippen molar-refractivity contribution in [3.63, 3.8) is 0 Å². The van der Waals surface area contributed by atoms with Crippen LogP contribution in [-0.4, -0.2) is 30.6 Å². The van der Waals surface area contributed by atoms with E-state index in [9.17, 15) is 30.6 Å². The van der Waals surface area contributed by atoms with Crippen LogP contribution in [0, 0.1) is 154 Å². The van der Waals surface area contributed by atoms with Gasteiger partial charge in [-0.3, -0.25) is 0 Å². The molecule has 7 aromatic rings. The van der Waals surface area contributed by atoms with Crippen LogP contribution in [0.15, 0.2) is 72.8 Å². The van der Waals surface area contributed by atoms with Gasteiger partial charge < -0.3 is 30.6 Å². The smallest absolute Gasteiger partial charge is 0.121 e. The van der Waals surface area contributed by atoms with E-state index < -0.39 is 0 Å². The van der Waals surface area contributed by atoms with Crippen molar-refractivity contribution >= 4 is 0 Å². The minimum atomic E-state index is 0.175. The molecular formula is C66H54O6. The monoisotopic (exact) mass is 942 g/mol. The largest absolute Gasteiger partial charge is 0.507 e. The summed E-state index contributed by atoms with van der Waals surface area (Å²) in [6.07, 6.45) is 0. The predicted octanol–water partition coefficient (Wildman–Crippen LogP) is 12.0. The molecule has 6 N–H and O–H groups in total. The van der Waals surface area contributed by atoms with Crippen LogP contribution in [0.2, 0.25) is 0 Å². The van der Waals surface area contributed by atoms with Crippen LogP contribution in [0.3, 0.4) is 0 Å². The van der Waals surface area contributed by atoms with Gasteiger partial charge in [0.25, 0.3) is 0 Å². The Morgan fingerprint density at radius 2 is 0.278 bits per heavy atom. The van der Waals surface area contributed by atoms with Gasteiger partial charge in [-0.2, -0.15) is 0 Å². The van der Waals surface area contributed by atoms with E-state index in [4.69, 9.17) is 0 Å². The van der Waals surface area contributed by atoms with Crippen molar-refractivity contribution in [1.82, 2.24) is 0 Å². The van der Waals surface area contributed by atoms with E-state index in [0.29, 0.717) is 134 Å². The highest BCUT2D eigenvalue weighted by Crippen LogP contribution is 2.32. The van der Waals surface area contributed by atoms with Gasteiger partial charge in [-0.15, -0.1) is 0 Å². The summed E-state index contributed by atoms with van der Waals surface area (Å²) in [6.45, 7) is 21.8. The molecule has 0 aliphatic carbocycles. The van der Waals surface area contributed by atoms with Crippen molar-refractivity contribution in [3.05, 3.63) is 206 Å². The first kappa shape index (κ1) is 50.6. The van der Waals surface area contributed by atoms with Crippen molar-refractivity contribution in [2.45, 2.75) is 83.1 Å². The molecule has 7 aromatic carbocycles. The van der Waals surface area contributed by atoms with Crippen LogP contribution in [0.4, 0.5) is 0 Å². The summed E-state index contributed by atoms with van der Waals surface area (Å²) in [5.41, 5.74) is 13.9. The molecule has 0 aromatic heterocycles. The quantitative estimate of drug-likeness (QED) is 0.0843. The van der Waals surface area contributed by atoms with Gasteiger partial charge in [-0.05, 0) is 223 Å². The summed E-state index contributed by atoms with van der Waals surface area (Å²) in [5, 5.41) is 64.5. The third-order valence-electron chi connectivity index (χ3n) is 12.4. The average Bonchev–Trinajstić information content (AvgIpc) is 3.32. The highest BCUT2D eigenvalue weighted by atomic mass is 16.3. The zero-order chi connectivity index (χ0) is 52.3. The maximum atomic E-state index is 10.8. The van der Waals surface area contributed by atoms with E-state index >= 15 is 0 Å². The van der Waals surface area contributed by atoms with Gasteiger partial charge in [0.2, 0.25) is 0 Å². The van der Waals surface area contributed by atoms with Gasteiger partial charge >= 0.3 is 0 Å². The van der Waals surface area contributed by atoms with Crippen LogP contribution in [0.25, 0.3) is 0 Å². The lowest BCUT2D eigenvalue weighted by Gasteiger charge is -2.13. The number of hydrogen-bond acceptors (Lipinski definition) is 6. The minimum absolute atomic E-state index is 0.175. The molecule has 0 unspecified atom stereocenters. The molecule has 0 heterocycles. The molecule has 0 bridgehead atoms. The molecule has 0 saturated heterocycles. The minimum Gasteiger partial charge on any atom is -0.507 e. The summed E-state index contributed by atoms with van der Waals surface area (Å²) < 4.78 is 0. The molecule has 0 amide bonds. The molecule has 354 valence electrons. The van der Waals surface area contributed by atoms with Gasteiger partial charge in [-0.25, -0.2) is 0 Å². The van der Waals surface area contributed by atoms with Crippen LogP contribution >= 0.6 is 0 Å². The number of aryl methyl sites for hydroxylation is 12. The van der Waals surface area contributed by atoms with Gasteiger partial charge in [0.05, 0.1) is 33.4 Å². The number of phenolic OH excluding ortho intramolecular Hbond substituents is 6. The Hall–Kier alpha value is -9.30. The fourth-order valence-corrected chi connectivity index (χ4v) is 8.48. The fraction of sp³-hybridized carbons (Fsp3) is 0.182. The molecule has 0 fully saturated rings. The van der Waals surface area contributed by atoms with Crippen LogP contribution in [0.5, 0.6) is 34.5 Å². The number of benzene rings is 7. The van der Waals surface area contributed by atoms with Crippen LogP contribution in [0.1, 0.15) is 134 Å². The predicted molar refractivity (Wildman–Crippen MR) is 288 cm³/mol. The normalized spacial score (nSPS) is 10.2. The highest BCUT2D eigenvalue weighted by molar-refractivity contribution is 5.79. The molecular weight excluding hydrogens is 889 g/mol. The SMILES string of the molecule is Cc1cc(C#Cc2c(C#Cc3cc(C)c(O)c(C)c3)c(C#Cc3cc(C)c(O)c(C)c3)c(C#Cc3cc(C)c(O)c(C)c3)c(C#Cc3cc(C)c(O)c(C)c3)c2C#Cc2cc(C)c(O)c(C)c2)cc(C)c1O. The van der Waals surface area contributed by atoms with E-state index in [1.54, 1.807) is 0 Å². The van der Waals surface area contributed by atoms with E-state index in [1.165, 1.54) is 0 Å². The van der Waals surface area contributed by atoms with Crippen molar-refractivity contribution in [2.75, 3.05) is 0 Å². The Morgan fingerprint density at radius 1 is 0.181 bits per heavy atom. The van der Waals surface area contributed by atoms with E-state index in [2.05, 4.69) is 71.0 Å². The summed E-state index contributed by atoms with van der Waals surface area (Å²) >= 11 is 0. The molecule has 0 aliphatic rings. The molecule has 6 heteroatoms. The van der Waals surface area contributed by atoms with E-state index in [1.807, 2.05) is 156 Å². The fourth-order valence-electron chi connectivity index (χ4n) is 8.48. The third kappa shape index (κ3) is 10.9. The lowest BCUT2D eigenvalue weighted by atomic mass is 9.86. The molecule has 0 saturated carbocycles. The average molecular weight is 943 g/mol. The summed E-state index contributed by atoms with van der Waals surface area (Å²) in [7, 11) is 0. The first-order valence-electron chi connectivity index (χ1n) is 23.3.